The highest BCUT2D eigenvalue weighted by molar-refractivity contribution is 5.93. The molecule has 0 aromatic heterocycles. The quantitative estimate of drug-likeness (QED) is 0.289. The Labute approximate surface area is 195 Å². The Morgan fingerprint density at radius 2 is 1.36 bits per heavy atom. The number of esters is 2. The van der Waals surface area contributed by atoms with Gasteiger partial charge >= 0.3 is 11.9 Å². The van der Waals surface area contributed by atoms with Crippen LogP contribution < -0.4 is 9.47 Å². The minimum atomic E-state index is -0.462. The molecule has 0 spiro atoms. The Kier molecular flexibility index (Phi) is 7.56. The van der Waals surface area contributed by atoms with E-state index in [2.05, 4.69) is 13.0 Å². The fourth-order valence-corrected chi connectivity index (χ4v) is 4.48. The highest BCUT2D eigenvalue weighted by atomic mass is 16.6. The van der Waals surface area contributed by atoms with E-state index in [-0.39, 0.29) is 5.92 Å². The Morgan fingerprint density at radius 3 is 1.94 bits per heavy atom. The van der Waals surface area contributed by atoms with Gasteiger partial charge in [-0.2, -0.15) is 0 Å². The molecule has 170 valence electrons. The molecule has 0 saturated heterocycles. The monoisotopic (exact) mass is 442 g/mol. The van der Waals surface area contributed by atoms with Crippen LogP contribution in [-0.4, -0.2) is 11.9 Å². The fraction of sp³-hybridized carbons (Fsp3) is 0.310. The van der Waals surface area contributed by atoms with Gasteiger partial charge in [0.2, 0.25) is 0 Å². The van der Waals surface area contributed by atoms with E-state index in [9.17, 15) is 9.59 Å². The minimum Gasteiger partial charge on any atom is -0.419 e. The summed E-state index contributed by atoms with van der Waals surface area (Å²) in [4.78, 5) is 25.9. The van der Waals surface area contributed by atoms with Gasteiger partial charge in [0, 0.05) is 5.56 Å². The topological polar surface area (TPSA) is 52.6 Å². The molecule has 0 bridgehead atoms. The van der Waals surface area contributed by atoms with Crippen LogP contribution in [-0.2, 0) is 6.42 Å². The Morgan fingerprint density at radius 1 is 0.788 bits per heavy atom. The second kappa shape index (κ2) is 11.0. The first-order valence-corrected chi connectivity index (χ1v) is 11.9. The van der Waals surface area contributed by atoms with Gasteiger partial charge in [0.25, 0.3) is 0 Å². The zero-order chi connectivity index (χ0) is 23.0. The lowest BCUT2D eigenvalue weighted by Gasteiger charge is -2.26. The van der Waals surface area contributed by atoms with Gasteiger partial charge in [-0.25, -0.2) is 9.59 Å². The molecule has 4 heteroatoms. The summed E-state index contributed by atoms with van der Waals surface area (Å²) in [7, 11) is 0. The molecule has 0 radical (unpaired) electrons. The van der Waals surface area contributed by atoms with Gasteiger partial charge < -0.3 is 9.47 Å². The van der Waals surface area contributed by atoms with Crippen molar-refractivity contribution in [1.82, 2.24) is 0 Å². The van der Waals surface area contributed by atoms with E-state index < -0.39 is 11.9 Å². The van der Waals surface area contributed by atoms with E-state index in [0.29, 0.717) is 22.6 Å². The zero-order valence-electron chi connectivity index (χ0n) is 19.1. The van der Waals surface area contributed by atoms with Crippen LogP contribution >= 0.6 is 0 Å². The molecule has 33 heavy (non-hydrogen) atoms. The van der Waals surface area contributed by atoms with Crippen molar-refractivity contribution in [2.24, 2.45) is 0 Å². The molecule has 3 aromatic rings. The first-order valence-electron chi connectivity index (χ1n) is 11.9. The van der Waals surface area contributed by atoms with E-state index in [1.54, 1.807) is 48.5 Å². The Balaban J connectivity index is 1.76. The van der Waals surface area contributed by atoms with Crippen LogP contribution in [0.2, 0.25) is 0 Å². The lowest BCUT2D eigenvalue weighted by atomic mass is 9.82. The van der Waals surface area contributed by atoms with E-state index in [1.807, 2.05) is 18.2 Å². The summed E-state index contributed by atoms with van der Waals surface area (Å²) in [6, 6.07) is 21.8. The van der Waals surface area contributed by atoms with Crippen molar-refractivity contribution >= 4 is 11.9 Å². The number of benzene rings is 3. The van der Waals surface area contributed by atoms with E-state index in [4.69, 9.17) is 9.47 Å². The molecule has 4 nitrogen and oxygen atoms in total. The summed E-state index contributed by atoms with van der Waals surface area (Å²) in [5, 5.41) is 0. The largest absolute Gasteiger partial charge is 0.419 e. The van der Waals surface area contributed by atoms with Crippen LogP contribution in [0.4, 0.5) is 0 Å². The number of aryl methyl sites for hydroxylation is 1. The van der Waals surface area contributed by atoms with Gasteiger partial charge in [0.1, 0.15) is 0 Å². The molecule has 1 aliphatic rings. The maximum absolute atomic E-state index is 13.0. The van der Waals surface area contributed by atoms with Crippen LogP contribution in [0.1, 0.15) is 83.2 Å². The van der Waals surface area contributed by atoms with Crippen LogP contribution in [0.5, 0.6) is 11.5 Å². The van der Waals surface area contributed by atoms with Crippen LogP contribution in [0, 0.1) is 0 Å². The molecule has 0 unspecified atom stereocenters. The van der Waals surface area contributed by atoms with Gasteiger partial charge in [-0.05, 0) is 61.1 Å². The first-order chi connectivity index (χ1) is 16.2. The number of rotatable bonds is 7. The summed E-state index contributed by atoms with van der Waals surface area (Å²) in [6.07, 6.45) is 7.43. The van der Waals surface area contributed by atoms with Crippen LogP contribution in [0.25, 0.3) is 0 Å². The second-order valence-corrected chi connectivity index (χ2v) is 8.61. The Bertz CT molecular complexity index is 1080. The van der Waals surface area contributed by atoms with Gasteiger partial charge in [0.05, 0.1) is 11.1 Å². The lowest BCUT2D eigenvalue weighted by Crippen LogP contribution is -2.16. The maximum Gasteiger partial charge on any atom is 0.343 e. The molecule has 0 heterocycles. The molecule has 1 fully saturated rings. The van der Waals surface area contributed by atoms with E-state index in [1.165, 1.54) is 6.42 Å². The van der Waals surface area contributed by atoms with Gasteiger partial charge in [-0.3, -0.25) is 0 Å². The number of hydrogen-bond donors (Lipinski definition) is 0. The maximum atomic E-state index is 13.0. The molecule has 0 atom stereocenters. The normalized spacial score (nSPS) is 14.0. The summed E-state index contributed by atoms with van der Waals surface area (Å²) in [6.45, 7) is 2.12. The highest BCUT2D eigenvalue weighted by Gasteiger charge is 2.26. The van der Waals surface area contributed by atoms with Crippen molar-refractivity contribution in [1.29, 1.82) is 0 Å². The van der Waals surface area contributed by atoms with E-state index in [0.717, 1.165) is 49.7 Å². The smallest absolute Gasteiger partial charge is 0.343 e. The zero-order valence-corrected chi connectivity index (χ0v) is 19.1. The molecule has 1 saturated carbocycles. The molecule has 4 rings (SSSR count). The van der Waals surface area contributed by atoms with Crippen molar-refractivity contribution in [3.05, 3.63) is 95.1 Å². The third-order valence-electron chi connectivity index (χ3n) is 6.14. The standard InChI is InChI=1S/C29H30O4/c1-2-12-21-19-25(22-13-6-3-7-14-22)27(33-29(31)24-17-10-5-11-18-24)26(20-21)32-28(30)23-15-8-4-9-16-23/h4-5,8-11,15-20,22H,2-3,6-7,12-14H2,1H3. The molecule has 0 amide bonds. The summed E-state index contributed by atoms with van der Waals surface area (Å²) >= 11 is 0. The lowest BCUT2D eigenvalue weighted by molar-refractivity contribution is 0.0680. The summed E-state index contributed by atoms with van der Waals surface area (Å²) < 4.78 is 11.8. The highest BCUT2D eigenvalue weighted by Crippen LogP contribution is 2.43. The van der Waals surface area contributed by atoms with Crippen molar-refractivity contribution in [3.8, 4) is 11.5 Å². The molecule has 0 N–H and O–H groups in total. The van der Waals surface area contributed by atoms with Crippen molar-refractivity contribution in [3.63, 3.8) is 0 Å². The molecular formula is C29H30O4. The first kappa shape index (κ1) is 22.8. The average Bonchev–Trinajstić information content (AvgIpc) is 2.87. The van der Waals surface area contributed by atoms with Gasteiger partial charge in [-0.15, -0.1) is 0 Å². The molecular weight excluding hydrogens is 412 g/mol. The SMILES string of the molecule is CCCc1cc(OC(=O)c2ccccc2)c(OC(=O)c2ccccc2)c(C2CCCCC2)c1. The number of carbonyl (C=O) groups excluding carboxylic acids is 2. The molecule has 1 aliphatic carbocycles. The van der Waals surface area contributed by atoms with Crippen LogP contribution in [0.15, 0.2) is 72.8 Å². The molecule has 0 aliphatic heterocycles. The average molecular weight is 443 g/mol. The predicted molar refractivity (Wildman–Crippen MR) is 129 cm³/mol. The second-order valence-electron chi connectivity index (χ2n) is 8.61. The third kappa shape index (κ3) is 5.70. The van der Waals surface area contributed by atoms with Gasteiger partial charge in [0.15, 0.2) is 11.5 Å². The van der Waals surface area contributed by atoms with Crippen LogP contribution in [0.3, 0.4) is 0 Å². The van der Waals surface area contributed by atoms with Gasteiger partial charge in [-0.1, -0.05) is 75.1 Å². The van der Waals surface area contributed by atoms with Crippen molar-refractivity contribution < 1.29 is 19.1 Å². The fourth-order valence-electron chi connectivity index (χ4n) is 4.48. The Hall–Kier alpha value is -3.40. The number of carbonyl (C=O) groups is 2. The third-order valence-corrected chi connectivity index (χ3v) is 6.14. The summed E-state index contributed by atoms with van der Waals surface area (Å²) in [5.74, 6) is 0.0617. The number of hydrogen-bond acceptors (Lipinski definition) is 4. The predicted octanol–water partition coefficient (Wildman–Crippen LogP) is 7.13. The molecule has 3 aromatic carbocycles. The van der Waals surface area contributed by atoms with E-state index >= 15 is 0 Å². The van der Waals surface area contributed by atoms with Crippen molar-refractivity contribution in [2.45, 2.75) is 57.8 Å². The minimum absolute atomic E-state index is 0.281. The van der Waals surface area contributed by atoms with Crippen molar-refractivity contribution in [2.75, 3.05) is 0 Å². The number of ether oxygens (including phenoxy) is 2. The summed E-state index contributed by atoms with van der Waals surface area (Å²) in [5.41, 5.74) is 2.98.